The van der Waals surface area contributed by atoms with Crippen LogP contribution in [-0.2, 0) is 6.54 Å². The largest absolute Gasteiger partial charge is 0.309 e. The van der Waals surface area contributed by atoms with Crippen LogP contribution in [0.25, 0.3) is 0 Å². The Morgan fingerprint density at radius 3 is 3.12 bits per heavy atom. The first kappa shape index (κ1) is 12.4. The van der Waals surface area contributed by atoms with Gasteiger partial charge < -0.3 is 5.32 Å². The first-order chi connectivity index (χ1) is 8.29. The van der Waals surface area contributed by atoms with Crippen molar-refractivity contribution < 1.29 is 4.39 Å². The molecule has 1 heterocycles. The second kappa shape index (κ2) is 6.04. The van der Waals surface area contributed by atoms with E-state index in [1.165, 1.54) is 30.7 Å². The van der Waals surface area contributed by atoms with Gasteiger partial charge in [-0.1, -0.05) is 0 Å². The van der Waals surface area contributed by atoms with Crippen molar-refractivity contribution in [3.8, 4) is 6.07 Å². The van der Waals surface area contributed by atoms with Crippen LogP contribution >= 0.6 is 11.8 Å². The van der Waals surface area contributed by atoms with Gasteiger partial charge in [0.1, 0.15) is 5.82 Å². The molecule has 1 N–H and O–H groups in total. The molecular weight excluding hydrogens is 235 g/mol. The molecule has 1 fully saturated rings. The van der Waals surface area contributed by atoms with Gasteiger partial charge in [0.15, 0.2) is 0 Å². The molecule has 0 aromatic heterocycles. The lowest BCUT2D eigenvalue weighted by molar-refractivity contribution is 0.506. The van der Waals surface area contributed by atoms with Gasteiger partial charge in [0, 0.05) is 18.3 Å². The lowest BCUT2D eigenvalue weighted by Crippen LogP contribution is -2.33. The van der Waals surface area contributed by atoms with Crippen LogP contribution in [0, 0.1) is 17.1 Å². The average Bonchev–Trinajstić information content (AvgIpc) is 2.38. The van der Waals surface area contributed by atoms with Crippen molar-refractivity contribution in [1.29, 1.82) is 5.26 Å². The van der Waals surface area contributed by atoms with Gasteiger partial charge in [0.05, 0.1) is 11.6 Å². The van der Waals surface area contributed by atoms with Crippen molar-refractivity contribution >= 4 is 11.8 Å². The third-order valence-corrected chi connectivity index (χ3v) is 4.14. The maximum absolute atomic E-state index is 13.1. The fourth-order valence-electron chi connectivity index (χ4n) is 1.97. The molecule has 1 aromatic carbocycles. The van der Waals surface area contributed by atoms with Gasteiger partial charge in [-0.25, -0.2) is 4.39 Å². The van der Waals surface area contributed by atoms with Crippen molar-refractivity contribution in [2.45, 2.75) is 25.4 Å². The second-order valence-corrected chi connectivity index (χ2v) is 5.36. The van der Waals surface area contributed by atoms with E-state index < -0.39 is 0 Å². The zero-order chi connectivity index (χ0) is 12.1. The number of halogens is 1. The number of nitrogens with one attached hydrogen (secondary N) is 1. The van der Waals surface area contributed by atoms with Gasteiger partial charge >= 0.3 is 0 Å². The minimum atomic E-state index is -0.279. The Labute approximate surface area is 105 Å². The highest BCUT2D eigenvalue weighted by molar-refractivity contribution is 7.99. The number of benzene rings is 1. The zero-order valence-corrected chi connectivity index (χ0v) is 10.4. The highest BCUT2D eigenvalue weighted by atomic mass is 32.2. The Morgan fingerprint density at radius 2 is 2.41 bits per heavy atom. The summed E-state index contributed by atoms with van der Waals surface area (Å²) in [5.74, 6) is 2.07. The number of hydrogen-bond acceptors (Lipinski definition) is 3. The molecule has 90 valence electrons. The summed E-state index contributed by atoms with van der Waals surface area (Å²) in [4.78, 5) is 0. The summed E-state index contributed by atoms with van der Waals surface area (Å²) in [6.07, 6.45) is 2.40. The highest BCUT2D eigenvalue weighted by Gasteiger charge is 2.13. The third kappa shape index (κ3) is 3.45. The molecule has 17 heavy (non-hydrogen) atoms. The van der Waals surface area contributed by atoms with Crippen LogP contribution in [-0.4, -0.2) is 17.5 Å². The molecule has 0 bridgehead atoms. The zero-order valence-electron chi connectivity index (χ0n) is 9.58. The van der Waals surface area contributed by atoms with Crippen LogP contribution < -0.4 is 5.32 Å². The van der Waals surface area contributed by atoms with Gasteiger partial charge in [-0.3, -0.25) is 0 Å². The second-order valence-electron chi connectivity index (χ2n) is 4.21. The molecule has 4 heteroatoms. The Balaban J connectivity index is 1.98. The summed E-state index contributed by atoms with van der Waals surface area (Å²) in [6, 6.07) is 6.91. The fraction of sp³-hybridized carbons (Fsp3) is 0.462. The summed E-state index contributed by atoms with van der Waals surface area (Å²) in [5, 5.41) is 12.3. The molecule has 0 radical (unpaired) electrons. The van der Waals surface area contributed by atoms with E-state index in [0.29, 0.717) is 18.2 Å². The molecule has 1 aliphatic heterocycles. The molecule has 1 saturated heterocycles. The van der Waals surface area contributed by atoms with Crippen molar-refractivity contribution in [2.24, 2.45) is 0 Å². The average molecular weight is 250 g/mol. The smallest absolute Gasteiger partial charge is 0.123 e. The summed E-state index contributed by atoms with van der Waals surface area (Å²) in [7, 11) is 0. The van der Waals surface area contributed by atoms with Crippen LogP contribution in [0.2, 0.25) is 0 Å². The topological polar surface area (TPSA) is 35.8 Å². The van der Waals surface area contributed by atoms with Gasteiger partial charge in [0.2, 0.25) is 0 Å². The molecule has 1 atom stereocenters. The number of hydrogen-bond donors (Lipinski definition) is 1. The predicted molar refractivity (Wildman–Crippen MR) is 68.3 cm³/mol. The molecule has 2 rings (SSSR count). The normalized spacial score (nSPS) is 19.9. The number of nitriles is 1. The van der Waals surface area contributed by atoms with Gasteiger partial charge in [0.25, 0.3) is 0 Å². The first-order valence-corrected chi connectivity index (χ1v) is 6.94. The van der Waals surface area contributed by atoms with Crippen molar-refractivity contribution in [2.75, 3.05) is 11.5 Å². The van der Waals surface area contributed by atoms with E-state index in [4.69, 9.17) is 5.26 Å². The summed E-state index contributed by atoms with van der Waals surface area (Å²) < 4.78 is 13.1. The van der Waals surface area contributed by atoms with Crippen LogP contribution in [0.4, 0.5) is 4.39 Å². The number of thioether (sulfide) groups is 1. The van der Waals surface area contributed by atoms with E-state index in [2.05, 4.69) is 11.4 Å². The molecule has 0 amide bonds. The lowest BCUT2D eigenvalue weighted by Gasteiger charge is -2.22. The fourth-order valence-corrected chi connectivity index (χ4v) is 3.08. The van der Waals surface area contributed by atoms with Crippen molar-refractivity contribution in [1.82, 2.24) is 5.32 Å². The number of nitrogens with zero attached hydrogens (tertiary/aromatic N) is 1. The Hall–Kier alpha value is -1.05. The van der Waals surface area contributed by atoms with E-state index in [0.717, 1.165) is 11.3 Å². The van der Waals surface area contributed by atoms with E-state index in [1.807, 2.05) is 11.8 Å². The molecule has 0 aliphatic carbocycles. The molecule has 1 unspecified atom stereocenters. The Kier molecular flexibility index (Phi) is 4.41. The van der Waals surface area contributed by atoms with Gasteiger partial charge in [-0.2, -0.15) is 17.0 Å². The predicted octanol–water partition coefficient (Wildman–Crippen LogP) is 2.68. The molecule has 1 aliphatic rings. The van der Waals surface area contributed by atoms with E-state index in [-0.39, 0.29) is 5.82 Å². The molecular formula is C13H15FN2S. The van der Waals surface area contributed by atoms with E-state index in [9.17, 15) is 4.39 Å². The molecule has 2 nitrogen and oxygen atoms in total. The maximum Gasteiger partial charge on any atom is 0.123 e. The molecule has 1 aromatic rings. The first-order valence-electron chi connectivity index (χ1n) is 5.79. The lowest BCUT2D eigenvalue weighted by atomic mass is 10.1. The van der Waals surface area contributed by atoms with Crippen LogP contribution in [0.5, 0.6) is 0 Å². The summed E-state index contributed by atoms with van der Waals surface area (Å²) in [6.45, 7) is 0.575. The van der Waals surface area contributed by atoms with Crippen molar-refractivity contribution in [3.63, 3.8) is 0 Å². The quantitative estimate of drug-likeness (QED) is 0.896. The summed E-state index contributed by atoms with van der Waals surface area (Å²) >= 11 is 1.95. The molecule has 0 spiro atoms. The van der Waals surface area contributed by atoms with Crippen LogP contribution in [0.3, 0.4) is 0 Å². The Bertz CT molecular complexity index is 422. The van der Waals surface area contributed by atoms with Gasteiger partial charge in [-0.15, -0.1) is 0 Å². The van der Waals surface area contributed by atoms with Gasteiger partial charge in [-0.05, 0) is 42.4 Å². The monoisotopic (exact) mass is 250 g/mol. The summed E-state index contributed by atoms with van der Waals surface area (Å²) in [5.41, 5.74) is 1.31. The Morgan fingerprint density at radius 1 is 1.53 bits per heavy atom. The SMILES string of the molecule is N#Cc1ccc(F)cc1CNC1CCCSC1. The van der Waals surface area contributed by atoms with Crippen molar-refractivity contribution in [3.05, 3.63) is 35.1 Å². The van der Waals surface area contributed by atoms with Crippen LogP contribution in [0.15, 0.2) is 18.2 Å². The van der Waals surface area contributed by atoms with Crippen LogP contribution in [0.1, 0.15) is 24.0 Å². The highest BCUT2D eigenvalue weighted by Crippen LogP contribution is 2.18. The number of rotatable bonds is 3. The molecule has 0 saturated carbocycles. The van der Waals surface area contributed by atoms with E-state index >= 15 is 0 Å². The minimum absolute atomic E-state index is 0.279. The maximum atomic E-state index is 13.1. The van der Waals surface area contributed by atoms with E-state index in [1.54, 1.807) is 6.07 Å². The third-order valence-electron chi connectivity index (χ3n) is 2.93. The standard InChI is InChI=1S/C13H15FN2S/c14-12-4-3-10(7-15)11(6-12)8-16-13-2-1-5-17-9-13/h3-4,6,13,16H,1-2,5,8-9H2. The minimum Gasteiger partial charge on any atom is -0.309 e.